The lowest BCUT2D eigenvalue weighted by atomic mass is 10.1. The standard InChI is InChI=1S/C15H16N4O4/c1-18(2)12-8-14(23-3)11(7-13(12)19(21)22)15(20)17-10-5-4-6-16-9-10/h4-9H,1-3H3,(H,17,20). The lowest BCUT2D eigenvalue weighted by Crippen LogP contribution is -2.16. The Morgan fingerprint density at radius 2 is 2.13 bits per heavy atom. The number of pyridine rings is 1. The van der Waals surface area contributed by atoms with Crippen molar-refractivity contribution < 1.29 is 14.5 Å². The van der Waals surface area contributed by atoms with Gasteiger partial charge >= 0.3 is 0 Å². The van der Waals surface area contributed by atoms with Gasteiger partial charge in [-0.15, -0.1) is 0 Å². The van der Waals surface area contributed by atoms with Gasteiger partial charge in [-0.05, 0) is 12.1 Å². The van der Waals surface area contributed by atoms with E-state index in [1.165, 1.54) is 25.4 Å². The summed E-state index contributed by atoms with van der Waals surface area (Å²) < 4.78 is 5.20. The van der Waals surface area contributed by atoms with E-state index < -0.39 is 10.8 Å². The summed E-state index contributed by atoms with van der Waals surface area (Å²) in [6.45, 7) is 0. The van der Waals surface area contributed by atoms with E-state index in [2.05, 4.69) is 10.3 Å². The third-order valence-electron chi connectivity index (χ3n) is 3.14. The van der Waals surface area contributed by atoms with Gasteiger partial charge in [0.2, 0.25) is 0 Å². The molecule has 0 aliphatic heterocycles. The lowest BCUT2D eigenvalue weighted by Gasteiger charge is -2.16. The van der Waals surface area contributed by atoms with Crippen LogP contribution in [0.15, 0.2) is 36.7 Å². The number of ether oxygens (including phenoxy) is 1. The number of methoxy groups -OCH3 is 1. The molecule has 2 aromatic rings. The van der Waals surface area contributed by atoms with Gasteiger partial charge < -0.3 is 15.0 Å². The lowest BCUT2D eigenvalue weighted by molar-refractivity contribution is -0.384. The van der Waals surface area contributed by atoms with Gasteiger partial charge in [-0.2, -0.15) is 0 Å². The van der Waals surface area contributed by atoms with Gasteiger partial charge in [-0.3, -0.25) is 19.9 Å². The van der Waals surface area contributed by atoms with Crippen molar-refractivity contribution in [3.63, 3.8) is 0 Å². The molecule has 120 valence electrons. The monoisotopic (exact) mass is 316 g/mol. The smallest absolute Gasteiger partial charge is 0.293 e. The Kier molecular flexibility index (Phi) is 4.75. The molecule has 23 heavy (non-hydrogen) atoms. The number of amides is 1. The highest BCUT2D eigenvalue weighted by Gasteiger charge is 2.23. The molecular weight excluding hydrogens is 300 g/mol. The Morgan fingerprint density at radius 3 is 2.65 bits per heavy atom. The summed E-state index contributed by atoms with van der Waals surface area (Å²) >= 11 is 0. The topological polar surface area (TPSA) is 97.6 Å². The van der Waals surface area contributed by atoms with Crippen molar-refractivity contribution in [3.05, 3.63) is 52.3 Å². The number of rotatable bonds is 5. The maximum atomic E-state index is 12.4. The van der Waals surface area contributed by atoms with Gasteiger partial charge in [0.15, 0.2) is 0 Å². The number of nitro groups is 1. The quantitative estimate of drug-likeness (QED) is 0.671. The van der Waals surface area contributed by atoms with Crippen LogP contribution in [0.25, 0.3) is 0 Å². The van der Waals surface area contributed by atoms with Crippen LogP contribution in [-0.4, -0.2) is 37.0 Å². The first-order valence-electron chi connectivity index (χ1n) is 6.69. The first-order valence-corrected chi connectivity index (χ1v) is 6.69. The molecule has 0 aliphatic rings. The molecule has 0 unspecified atom stereocenters. The highest BCUT2D eigenvalue weighted by molar-refractivity contribution is 6.07. The normalized spacial score (nSPS) is 10.0. The molecule has 0 saturated carbocycles. The second-order valence-electron chi connectivity index (χ2n) is 4.89. The number of hydrogen-bond donors (Lipinski definition) is 1. The molecule has 1 amide bonds. The molecule has 0 radical (unpaired) electrons. The van der Waals surface area contributed by atoms with E-state index in [0.29, 0.717) is 11.4 Å². The number of carbonyl (C=O) groups excluding carboxylic acids is 1. The number of carbonyl (C=O) groups is 1. The largest absolute Gasteiger partial charge is 0.496 e. The van der Waals surface area contributed by atoms with E-state index in [9.17, 15) is 14.9 Å². The molecule has 1 aromatic heterocycles. The predicted molar refractivity (Wildman–Crippen MR) is 86.2 cm³/mol. The van der Waals surface area contributed by atoms with Gasteiger partial charge in [0.25, 0.3) is 11.6 Å². The SMILES string of the molecule is COc1cc(N(C)C)c([N+](=O)[O-])cc1C(=O)Nc1cccnc1. The van der Waals surface area contributed by atoms with Gasteiger partial charge in [0.1, 0.15) is 11.4 Å². The van der Waals surface area contributed by atoms with E-state index in [-0.39, 0.29) is 17.0 Å². The highest BCUT2D eigenvalue weighted by Crippen LogP contribution is 2.34. The Hall–Kier alpha value is -3.16. The summed E-state index contributed by atoms with van der Waals surface area (Å²) in [6, 6.07) is 6.01. The third kappa shape index (κ3) is 3.54. The van der Waals surface area contributed by atoms with Crippen molar-refractivity contribution in [2.24, 2.45) is 0 Å². The average Bonchev–Trinajstić information content (AvgIpc) is 2.54. The fraction of sp³-hybridized carbons (Fsp3) is 0.200. The van der Waals surface area contributed by atoms with Gasteiger partial charge in [-0.25, -0.2) is 0 Å². The van der Waals surface area contributed by atoms with Crippen molar-refractivity contribution >= 4 is 23.0 Å². The fourth-order valence-electron chi connectivity index (χ4n) is 2.04. The second kappa shape index (κ2) is 6.73. The maximum Gasteiger partial charge on any atom is 0.293 e. The first-order chi connectivity index (χ1) is 10.9. The molecule has 0 atom stereocenters. The minimum Gasteiger partial charge on any atom is -0.496 e. The molecule has 0 saturated heterocycles. The second-order valence-corrected chi connectivity index (χ2v) is 4.89. The fourth-order valence-corrected chi connectivity index (χ4v) is 2.04. The van der Waals surface area contributed by atoms with Gasteiger partial charge in [-0.1, -0.05) is 0 Å². The van der Waals surface area contributed by atoms with Crippen molar-refractivity contribution in [2.75, 3.05) is 31.4 Å². The van der Waals surface area contributed by atoms with E-state index in [4.69, 9.17) is 4.74 Å². The number of nitro benzene ring substituents is 1. The molecule has 8 nitrogen and oxygen atoms in total. The molecule has 0 bridgehead atoms. The molecule has 0 fully saturated rings. The molecule has 8 heteroatoms. The number of nitrogens with zero attached hydrogens (tertiary/aromatic N) is 3. The summed E-state index contributed by atoms with van der Waals surface area (Å²) in [5.74, 6) is -0.260. The molecular formula is C15H16N4O4. The van der Waals surface area contributed by atoms with Crippen LogP contribution in [0.2, 0.25) is 0 Å². The molecule has 0 spiro atoms. The number of benzene rings is 1. The number of nitrogens with one attached hydrogen (secondary N) is 1. The summed E-state index contributed by atoms with van der Waals surface area (Å²) in [6.07, 6.45) is 3.06. The minimum atomic E-state index is -0.532. The third-order valence-corrected chi connectivity index (χ3v) is 3.14. The number of aromatic nitrogens is 1. The Bertz CT molecular complexity index is 732. The highest BCUT2D eigenvalue weighted by atomic mass is 16.6. The Balaban J connectivity index is 2.46. The van der Waals surface area contributed by atoms with Crippen LogP contribution in [-0.2, 0) is 0 Å². The van der Waals surface area contributed by atoms with E-state index in [1.54, 1.807) is 37.3 Å². The molecule has 1 heterocycles. The van der Waals surface area contributed by atoms with Crippen LogP contribution in [0.3, 0.4) is 0 Å². The summed E-state index contributed by atoms with van der Waals surface area (Å²) in [5, 5.41) is 13.9. The maximum absolute atomic E-state index is 12.4. The average molecular weight is 316 g/mol. The van der Waals surface area contributed by atoms with Gasteiger partial charge in [0, 0.05) is 32.4 Å². The zero-order chi connectivity index (χ0) is 17.0. The minimum absolute atomic E-state index is 0.0775. The number of anilines is 2. The first kappa shape index (κ1) is 16.2. The van der Waals surface area contributed by atoms with Crippen LogP contribution in [0, 0.1) is 10.1 Å². The zero-order valence-electron chi connectivity index (χ0n) is 12.9. The van der Waals surface area contributed by atoms with Crippen molar-refractivity contribution in [2.45, 2.75) is 0 Å². The molecule has 1 aromatic carbocycles. The predicted octanol–water partition coefficient (Wildman–Crippen LogP) is 2.32. The van der Waals surface area contributed by atoms with Crippen LogP contribution in [0.1, 0.15) is 10.4 Å². The van der Waals surface area contributed by atoms with E-state index in [1.807, 2.05) is 0 Å². The van der Waals surface area contributed by atoms with Gasteiger partial charge in [0.05, 0.1) is 29.5 Å². The van der Waals surface area contributed by atoms with Crippen LogP contribution in [0.5, 0.6) is 5.75 Å². The number of hydrogen-bond acceptors (Lipinski definition) is 6. The Labute approximate surface area is 132 Å². The van der Waals surface area contributed by atoms with Crippen molar-refractivity contribution in [1.82, 2.24) is 4.98 Å². The summed E-state index contributed by atoms with van der Waals surface area (Å²) in [4.78, 5) is 28.6. The molecule has 2 rings (SSSR count). The van der Waals surface area contributed by atoms with Crippen LogP contribution >= 0.6 is 0 Å². The molecule has 1 N–H and O–H groups in total. The van der Waals surface area contributed by atoms with Crippen molar-refractivity contribution in [3.8, 4) is 5.75 Å². The summed E-state index contributed by atoms with van der Waals surface area (Å²) in [7, 11) is 4.76. The Morgan fingerprint density at radius 1 is 1.39 bits per heavy atom. The van der Waals surface area contributed by atoms with Crippen molar-refractivity contribution in [1.29, 1.82) is 0 Å². The van der Waals surface area contributed by atoms with E-state index in [0.717, 1.165) is 0 Å². The van der Waals surface area contributed by atoms with E-state index >= 15 is 0 Å². The zero-order valence-corrected chi connectivity index (χ0v) is 12.9. The molecule has 0 aliphatic carbocycles. The summed E-state index contributed by atoms with van der Waals surface area (Å²) in [5.41, 5.74) is 0.740. The van der Waals surface area contributed by atoms with Crippen LogP contribution in [0.4, 0.5) is 17.1 Å². The van der Waals surface area contributed by atoms with Crippen LogP contribution < -0.4 is 15.0 Å².